The van der Waals surface area contributed by atoms with Crippen LogP contribution in [-0.4, -0.2) is 22.3 Å². The van der Waals surface area contributed by atoms with Gasteiger partial charge in [0.25, 0.3) is 0 Å². The molecule has 0 aliphatic carbocycles. The predicted octanol–water partition coefficient (Wildman–Crippen LogP) is 0.692. The van der Waals surface area contributed by atoms with Crippen molar-refractivity contribution in [3.8, 4) is 0 Å². The zero-order valence-corrected chi connectivity index (χ0v) is 7.81. The molecule has 4 heteroatoms. The smallest absolute Gasteiger partial charge is 0.0952 e. The van der Waals surface area contributed by atoms with Crippen molar-refractivity contribution < 1.29 is 4.74 Å². The highest BCUT2D eigenvalue weighted by Gasteiger charge is 2.26. The van der Waals surface area contributed by atoms with Gasteiger partial charge in [-0.05, 0) is 13.3 Å². The largest absolute Gasteiger partial charge is 0.376 e. The molecule has 1 aromatic heterocycles. The number of ether oxygens (including phenoxy) is 1. The standard InChI is InChI=1S/C9H15N3O/c1-7-9(2-3-13-7)12-6-11-5-8(12)4-10/h5-7,9H,2-4,10H2,1H3. The van der Waals surface area contributed by atoms with Gasteiger partial charge < -0.3 is 15.0 Å². The molecule has 1 fully saturated rings. The van der Waals surface area contributed by atoms with Crippen molar-refractivity contribution in [2.75, 3.05) is 6.61 Å². The monoisotopic (exact) mass is 181 g/mol. The molecule has 2 heterocycles. The highest BCUT2D eigenvalue weighted by molar-refractivity contribution is 5.01. The normalized spacial score (nSPS) is 28.2. The van der Waals surface area contributed by atoms with Gasteiger partial charge in [0.15, 0.2) is 0 Å². The number of rotatable bonds is 2. The van der Waals surface area contributed by atoms with Crippen molar-refractivity contribution in [3.05, 3.63) is 18.2 Å². The summed E-state index contributed by atoms with van der Waals surface area (Å²) >= 11 is 0. The minimum atomic E-state index is 0.277. The zero-order chi connectivity index (χ0) is 9.26. The molecule has 2 unspecified atom stereocenters. The number of imidazole rings is 1. The van der Waals surface area contributed by atoms with E-state index in [1.165, 1.54) is 0 Å². The molecule has 0 bridgehead atoms. The maximum atomic E-state index is 5.61. The van der Waals surface area contributed by atoms with Gasteiger partial charge in [-0.3, -0.25) is 0 Å². The van der Waals surface area contributed by atoms with E-state index in [4.69, 9.17) is 10.5 Å². The molecule has 2 rings (SSSR count). The average molecular weight is 181 g/mol. The van der Waals surface area contributed by atoms with Crippen molar-refractivity contribution in [2.45, 2.75) is 32.0 Å². The van der Waals surface area contributed by atoms with Crippen LogP contribution in [0.1, 0.15) is 25.1 Å². The summed E-state index contributed by atoms with van der Waals surface area (Å²) in [5, 5.41) is 0. The molecule has 1 aliphatic rings. The lowest BCUT2D eigenvalue weighted by molar-refractivity contribution is 0.107. The molecule has 2 atom stereocenters. The molecule has 1 saturated heterocycles. The first-order chi connectivity index (χ1) is 6.33. The number of hydrogen-bond donors (Lipinski definition) is 1. The Labute approximate surface area is 77.7 Å². The van der Waals surface area contributed by atoms with Crippen LogP contribution in [0.2, 0.25) is 0 Å². The Morgan fingerprint density at radius 3 is 3.23 bits per heavy atom. The lowest BCUT2D eigenvalue weighted by atomic mass is 10.1. The quantitative estimate of drug-likeness (QED) is 0.730. The first-order valence-corrected chi connectivity index (χ1v) is 4.65. The fourth-order valence-electron chi connectivity index (χ4n) is 1.87. The number of aromatic nitrogens is 2. The third-order valence-electron chi connectivity index (χ3n) is 2.65. The summed E-state index contributed by atoms with van der Waals surface area (Å²) in [6.07, 6.45) is 5.01. The van der Waals surface area contributed by atoms with Crippen LogP contribution in [0, 0.1) is 0 Å². The molecule has 0 aromatic carbocycles. The Hall–Kier alpha value is -0.870. The molecule has 1 aliphatic heterocycles. The fraction of sp³-hybridized carbons (Fsp3) is 0.667. The van der Waals surface area contributed by atoms with Crippen molar-refractivity contribution in [1.82, 2.24) is 9.55 Å². The van der Waals surface area contributed by atoms with E-state index < -0.39 is 0 Å². The summed E-state index contributed by atoms with van der Waals surface area (Å²) in [7, 11) is 0. The van der Waals surface area contributed by atoms with Gasteiger partial charge in [0.2, 0.25) is 0 Å². The average Bonchev–Trinajstić information content (AvgIpc) is 2.71. The summed E-state index contributed by atoms with van der Waals surface area (Å²) < 4.78 is 7.64. The maximum Gasteiger partial charge on any atom is 0.0952 e. The van der Waals surface area contributed by atoms with Gasteiger partial charge in [0.05, 0.1) is 24.2 Å². The summed E-state index contributed by atoms with van der Waals surface area (Å²) in [6, 6.07) is 0.418. The number of nitrogens with zero attached hydrogens (tertiary/aromatic N) is 2. The minimum absolute atomic E-state index is 0.277. The van der Waals surface area contributed by atoms with Gasteiger partial charge in [-0.2, -0.15) is 0 Å². The second-order valence-electron chi connectivity index (χ2n) is 3.43. The van der Waals surface area contributed by atoms with E-state index >= 15 is 0 Å². The number of nitrogens with two attached hydrogens (primary N) is 1. The maximum absolute atomic E-state index is 5.61. The van der Waals surface area contributed by atoms with E-state index in [0.717, 1.165) is 18.7 Å². The molecule has 2 N–H and O–H groups in total. The van der Waals surface area contributed by atoms with Crippen LogP contribution in [0.4, 0.5) is 0 Å². The molecule has 1 aromatic rings. The molecule has 0 radical (unpaired) electrons. The fourth-order valence-corrected chi connectivity index (χ4v) is 1.87. The van der Waals surface area contributed by atoms with Crippen molar-refractivity contribution >= 4 is 0 Å². The van der Waals surface area contributed by atoms with Crippen LogP contribution in [0.3, 0.4) is 0 Å². The third-order valence-corrected chi connectivity index (χ3v) is 2.65. The molecular formula is C9H15N3O. The Balaban J connectivity index is 2.23. The van der Waals surface area contributed by atoms with E-state index in [2.05, 4.69) is 16.5 Å². The molecule has 72 valence electrons. The second-order valence-corrected chi connectivity index (χ2v) is 3.43. The molecular weight excluding hydrogens is 166 g/mol. The van der Waals surface area contributed by atoms with Crippen molar-refractivity contribution in [3.63, 3.8) is 0 Å². The van der Waals surface area contributed by atoms with Gasteiger partial charge in [0.1, 0.15) is 0 Å². The van der Waals surface area contributed by atoms with Crippen molar-refractivity contribution in [2.24, 2.45) is 5.73 Å². The lowest BCUT2D eigenvalue weighted by Crippen LogP contribution is -2.19. The Kier molecular flexibility index (Phi) is 2.33. The minimum Gasteiger partial charge on any atom is -0.376 e. The Morgan fingerprint density at radius 2 is 2.62 bits per heavy atom. The Bertz CT molecular complexity index is 284. The van der Waals surface area contributed by atoms with Crippen LogP contribution >= 0.6 is 0 Å². The summed E-state index contributed by atoms with van der Waals surface area (Å²) in [5.41, 5.74) is 6.69. The first kappa shape index (κ1) is 8.72. The van der Waals surface area contributed by atoms with E-state index in [9.17, 15) is 0 Å². The van der Waals surface area contributed by atoms with Gasteiger partial charge >= 0.3 is 0 Å². The van der Waals surface area contributed by atoms with E-state index in [-0.39, 0.29) is 6.10 Å². The van der Waals surface area contributed by atoms with Crippen LogP contribution in [-0.2, 0) is 11.3 Å². The number of hydrogen-bond acceptors (Lipinski definition) is 3. The van der Waals surface area contributed by atoms with Gasteiger partial charge in [-0.1, -0.05) is 0 Å². The van der Waals surface area contributed by atoms with Gasteiger partial charge in [-0.15, -0.1) is 0 Å². The molecule has 0 amide bonds. The van der Waals surface area contributed by atoms with Crippen LogP contribution in [0.15, 0.2) is 12.5 Å². The van der Waals surface area contributed by atoms with Gasteiger partial charge in [0, 0.05) is 19.3 Å². The Morgan fingerprint density at radius 1 is 1.77 bits per heavy atom. The topological polar surface area (TPSA) is 53.1 Å². The van der Waals surface area contributed by atoms with E-state index in [1.807, 2.05) is 12.5 Å². The zero-order valence-electron chi connectivity index (χ0n) is 7.81. The van der Waals surface area contributed by atoms with E-state index in [0.29, 0.717) is 12.6 Å². The van der Waals surface area contributed by atoms with Crippen LogP contribution < -0.4 is 5.73 Å². The van der Waals surface area contributed by atoms with E-state index in [1.54, 1.807) is 0 Å². The molecule has 13 heavy (non-hydrogen) atoms. The summed E-state index contributed by atoms with van der Waals surface area (Å²) in [5.74, 6) is 0. The predicted molar refractivity (Wildman–Crippen MR) is 49.2 cm³/mol. The lowest BCUT2D eigenvalue weighted by Gasteiger charge is -2.17. The summed E-state index contributed by atoms with van der Waals surface area (Å²) in [6.45, 7) is 3.48. The van der Waals surface area contributed by atoms with Gasteiger partial charge in [-0.25, -0.2) is 4.98 Å². The third kappa shape index (κ3) is 1.47. The highest BCUT2D eigenvalue weighted by Crippen LogP contribution is 2.26. The highest BCUT2D eigenvalue weighted by atomic mass is 16.5. The molecule has 0 spiro atoms. The van der Waals surface area contributed by atoms with Crippen LogP contribution in [0.25, 0.3) is 0 Å². The molecule has 0 saturated carbocycles. The SMILES string of the molecule is CC1OCCC1n1cncc1CN. The van der Waals surface area contributed by atoms with Crippen LogP contribution in [0.5, 0.6) is 0 Å². The van der Waals surface area contributed by atoms with Crippen molar-refractivity contribution in [1.29, 1.82) is 0 Å². The first-order valence-electron chi connectivity index (χ1n) is 4.65. The molecule has 4 nitrogen and oxygen atoms in total. The summed E-state index contributed by atoms with van der Waals surface area (Å²) in [4.78, 5) is 4.10. The second kappa shape index (κ2) is 3.47.